The molecule has 6 N–H and O–H groups in total. The lowest BCUT2D eigenvalue weighted by Gasteiger charge is -2.09. The number of carbonyl (C=O) groups is 2. The summed E-state index contributed by atoms with van der Waals surface area (Å²) in [5, 5.41) is 9.43. The van der Waals surface area contributed by atoms with Crippen LogP contribution in [0.25, 0.3) is 0 Å². The maximum absolute atomic E-state index is 11.2. The van der Waals surface area contributed by atoms with Gasteiger partial charge in [0, 0.05) is 6.54 Å². The molecular weight excluding hydrogens is 220 g/mol. The van der Waals surface area contributed by atoms with Gasteiger partial charge < -0.3 is 16.8 Å². The van der Waals surface area contributed by atoms with Crippen LogP contribution in [0.1, 0.15) is 12.8 Å². The molecule has 0 heterocycles. The van der Waals surface area contributed by atoms with E-state index in [0.717, 1.165) is 0 Å². The number of nitrogens with one attached hydrogen (secondary N) is 2. The van der Waals surface area contributed by atoms with E-state index in [4.69, 9.17) is 28.5 Å². The lowest BCUT2D eigenvalue weighted by atomic mass is 10.1. The van der Waals surface area contributed by atoms with E-state index in [2.05, 4.69) is 5.32 Å². The molecule has 0 amide bonds. The summed E-state index contributed by atoms with van der Waals surface area (Å²) in [4.78, 5) is 22.0. The second-order valence-electron chi connectivity index (χ2n) is 3.01. The van der Waals surface area contributed by atoms with Crippen molar-refractivity contribution in [1.82, 2.24) is 5.32 Å². The molecule has 0 fully saturated rings. The first-order chi connectivity index (χ1) is 6.99. The summed E-state index contributed by atoms with van der Waals surface area (Å²) in [6, 6.07) is -0.815. The van der Waals surface area contributed by atoms with Gasteiger partial charge in [0.15, 0.2) is 5.96 Å². The molecule has 0 aliphatic rings. The fraction of sp³-hybridized carbons (Fsp3) is 0.625. The number of halogens is 1. The summed E-state index contributed by atoms with van der Waals surface area (Å²) in [5.41, 5.74) is 10.5. The van der Waals surface area contributed by atoms with E-state index in [0.29, 0.717) is 19.4 Å². The van der Waals surface area contributed by atoms with Crippen molar-refractivity contribution < 1.29 is 9.59 Å². The first kappa shape index (κ1) is 13.9. The van der Waals surface area contributed by atoms with Crippen LogP contribution in [-0.4, -0.2) is 36.0 Å². The summed E-state index contributed by atoms with van der Waals surface area (Å²) in [6.45, 7) is 0.450. The maximum atomic E-state index is 11.2. The topological polar surface area (TPSA) is 122 Å². The largest absolute Gasteiger partial charge is 0.370 e. The molecule has 0 radical (unpaired) electrons. The first-order valence-corrected chi connectivity index (χ1v) is 4.99. The number of nitrogens with two attached hydrogens (primary N) is 2. The zero-order valence-corrected chi connectivity index (χ0v) is 9.01. The van der Waals surface area contributed by atoms with Crippen molar-refractivity contribution >= 4 is 29.1 Å². The van der Waals surface area contributed by atoms with Crippen molar-refractivity contribution in [3.05, 3.63) is 0 Å². The van der Waals surface area contributed by atoms with Crippen molar-refractivity contribution in [3.63, 3.8) is 0 Å². The van der Waals surface area contributed by atoms with Crippen LogP contribution in [0.15, 0.2) is 0 Å². The van der Waals surface area contributed by atoms with Gasteiger partial charge in [-0.3, -0.25) is 15.0 Å². The lowest BCUT2D eigenvalue weighted by Crippen LogP contribution is -2.38. The minimum absolute atomic E-state index is 0.133. The second-order valence-corrected chi connectivity index (χ2v) is 3.28. The number of rotatable bonds is 7. The van der Waals surface area contributed by atoms with Crippen molar-refractivity contribution in [1.29, 1.82) is 5.41 Å². The van der Waals surface area contributed by atoms with Gasteiger partial charge in [0.2, 0.25) is 11.6 Å². The maximum Gasteiger partial charge on any atom is 0.216 e. The van der Waals surface area contributed by atoms with Gasteiger partial charge >= 0.3 is 0 Å². The van der Waals surface area contributed by atoms with Crippen molar-refractivity contribution in [2.75, 3.05) is 12.4 Å². The van der Waals surface area contributed by atoms with Crippen LogP contribution in [0, 0.1) is 5.41 Å². The van der Waals surface area contributed by atoms with Crippen molar-refractivity contribution in [2.24, 2.45) is 11.5 Å². The number of carbonyl (C=O) groups excluding carboxylic acids is 2. The summed E-state index contributed by atoms with van der Waals surface area (Å²) < 4.78 is 0. The molecule has 15 heavy (non-hydrogen) atoms. The third kappa shape index (κ3) is 6.03. The Morgan fingerprint density at radius 3 is 2.53 bits per heavy atom. The molecule has 0 aromatic rings. The number of hydrogen-bond acceptors (Lipinski definition) is 4. The number of hydrogen-bond donors (Lipinski definition) is 4. The van der Waals surface area contributed by atoms with Gasteiger partial charge in [0.05, 0.1) is 11.9 Å². The van der Waals surface area contributed by atoms with E-state index >= 15 is 0 Å². The van der Waals surface area contributed by atoms with Crippen molar-refractivity contribution in [2.45, 2.75) is 18.9 Å². The number of guanidine groups is 1. The molecule has 0 saturated heterocycles. The van der Waals surface area contributed by atoms with E-state index in [1.807, 2.05) is 0 Å². The van der Waals surface area contributed by atoms with Crippen LogP contribution in [-0.2, 0) is 9.59 Å². The summed E-state index contributed by atoms with van der Waals surface area (Å²) >= 11 is 5.21. The van der Waals surface area contributed by atoms with Gasteiger partial charge in [-0.1, -0.05) is 0 Å². The Balaban J connectivity index is 3.74. The predicted octanol–water partition coefficient (Wildman–Crippen LogP) is -1.05. The number of ketones is 2. The monoisotopic (exact) mass is 234 g/mol. The van der Waals surface area contributed by atoms with E-state index < -0.39 is 17.6 Å². The molecular formula is C8H15ClN4O2. The smallest absolute Gasteiger partial charge is 0.216 e. The molecule has 0 saturated carbocycles. The molecule has 0 bridgehead atoms. The Hall–Kier alpha value is -1.14. The van der Waals surface area contributed by atoms with Gasteiger partial charge in [-0.05, 0) is 12.8 Å². The van der Waals surface area contributed by atoms with Gasteiger partial charge in [-0.15, -0.1) is 11.6 Å². The quantitative estimate of drug-likeness (QED) is 0.147. The van der Waals surface area contributed by atoms with Crippen molar-refractivity contribution in [3.8, 4) is 0 Å². The number of alkyl halides is 1. The summed E-state index contributed by atoms with van der Waals surface area (Å²) in [6.07, 6.45) is 0.920. The molecule has 0 aliphatic carbocycles. The first-order valence-electron chi connectivity index (χ1n) is 4.45. The van der Waals surface area contributed by atoms with E-state index in [-0.39, 0.29) is 11.8 Å². The Labute approximate surface area is 92.8 Å². The SMILES string of the molecule is N=C(N)NCCCC(N)C(=O)C(=O)CCl. The molecule has 0 spiro atoms. The van der Waals surface area contributed by atoms with Gasteiger partial charge in [-0.25, -0.2) is 0 Å². The van der Waals surface area contributed by atoms with Crippen LogP contribution in [0.2, 0.25) is 0 Å². The fourth-order valence-electron chi connectivity index (χ4n) is 0.949. The highest BCUT2D eigenvalue weighted by molar-refractivity contribution is 6.48. The Kier molecular flexibility index (Phi) is 6.64. The molecule has 0 rings (SSSR count). The van der Waals surface area contributed by atoms with Gasteiger partial charge in [-0.2, -0.15) is 0 Å². The molecule has 0 aliphatic heterocycles. The van der Waals surface area contributed by atoms with E-state index in [1.165, 1.54) is 0 Å². The van der Waals surface area contributed by atoms with Crippen LogP contribution in [0.5, 0.6) is 0 Å². The second kappa shape index (κ2) is 7.19. The van der Waals surface area contributed by atoms with E-state index in [1.54, 1.807) is 0 Å². The minimum atomic E-state index is -0.815. The molecule has 0 aromatic carbocycles. The molecule has 86 valence electrons. The Bertz CT molecular complexity index is 257. The minimum Gasteiger partial charge on any atom is -0.370 e. The van der Waals surface area contributed by atoms with Gasteiger partial charge in [0.25, 0.3) is 0 Å². The molecule has 1 unspecified atom stereocenters. The average Bonchev–Trinajstić information content (AvgIpc) is 2.21. The Morgan fingerprint density at radius 2 is 2.07 bits per heavy atom. The highest BCUT2D eigenvalue weighted by atomic mass is 35.5. The average molecular weight is 235 g/mol. The van der Waals surface area contributed by atoms with Crippen LogP contribution >= 0.6 is 11.6 Å². The number of Topliss-reactive ketones (excluding diaryl/α,β-unsaturated/α-hetero) is 2. The molecule has 0 aromatic heterocycles. The van der Waals surface area contributed by atoms with Crippen LogP contribution < -0.4 is 16.8 Å². The molecule has 7 heteroatoms. The standard InChI is InChI=1S/C8H15ClN4O2/c9-4-6(14)7(15)5(10)2-1-3-13-8(11)12/h5H,1-4,10H2,(H4,11,12,13). The van der Waals surface area contributed by atoms with Gasteiger partial charge in [0.1, 0.15) is 0 Å². The van der Waals surface area contributed by atoms with E-state index in [9.17, 15) is 9.59 Å². The Morgan fingerprint density at radius 1 is 1.47 bits per heavy atom. The third-order valence-electron chi connectivity index (χ3n) is 1.74. The third-order valence-corrected chi connectivity index (χ3v) is 1.98. The molecule has 1 atom stereocenters. The summed E-state index contributed by atoms with van der Waals surface area (Å²) in [7, 11) is 0. The summed E-state index contributed by atoms with van der Waals surface area (Å²) in [5.74, 6) is -1.78. The van der Waals surface area contributed by atoms with Crippen LogP contribution in [0.4, 0.5) is 0 Å². The normalized spacial score (nSPS) is 11.9. The highest BCUT2D eigenvalue weighted by Gasteiger charge is 2.19. The highest BCUT2D eigenvalue weighted by Crippen LogP contribution is 1.97. The fourth-order valence-corrected chi connectivity index (χ4v) is 1.08. The lowest BCUT2D eigenvalue weighted by molar-refractivity contribution is -0.136. The molecule has 6 nitrogen and oxygen atoms in total. The van der Waals surface area contributed by atoms with Crippen LogP contribution in [0.3, 0.4) is 0 Å². The zero-order valence-electron chi connectivity index (χ0n) is 8.25. The predicted molar refractivity (Wildman–Crippen MR) is 57.9 cm³/mol. The zero-order chi connectivity index (χ0) is 11.8.